The average Bonchev–Trinajstić information content (AvgIpc) is 3.14. The summed E-state index contributed by atoms with van der Waals surface area (Å²) in [6.45, 7) is 0.0360. The lowest BCUT2D eigenvalue weighted by Crippen LogP contribution is -2.39. The van der Waals surface area contributed by atoms with E-state index in [2.05, 4.69) is 16.0 Å². The number of hydrogen-bond acceptors (Lipinski definition) is 3. The van der Waals surface area contributed by atoms with Crippen LogP contribution in [0.15, 0.2) is 97.1 Å². The van der Waals surface area contributed by atoms with Crippen LogP contribution in [-0.4, -0.2) is 18.4 Å². The van der Waals surface area contributed by atoms with Crippen LogP contribution in [0.3, 0.4) is 0 Å². The molecule has 5 rings (SSSR count). The van der Waals surface area contributed by atoms with Crippen molar-refractivity contribution in [2.75, 3.05) is 22.5 Å². The molecule has 0 aromatic heterocycles. The molecule has 0 saturated carbocycles. The van der Waals surface area contributed by atoms with Crippen molar-refractivity contribution in [3.63, 3.8) is 0 Å². The molecule has 4 aromatic rings. The second-order valence-corrected chi connectivity index (χ2v) is 9.54. The molecule has 3 N–H and O–H groups in total. The van der Waals surface area contributed by atoms with Gasteiger partial charge in [0.05, 0.1) is 6.54 Å². The third-order valence-electron chi connectivity index (χ3n) is 6.32. The number of carbonyl (C=O) groups excluding carboxylic acids is 2. The number of hydrogen-bond donors (Lipinski definition) is 3. The summed E-state index contributed by atoms with van der Waals surface area (Å²) < 4.78 is 0. The molecule has 180 valence electrons. The summed E-state index contributed by atoms with van der Waals surface area (Å²) in [5, 5.41) is 10.3. The summed E-state index contributed by atoms with van der Waals surface area (Å²) in [6, 6.07) is 29.8. The molecule has 0 fully saturated rings. The van der Waals surface area contributed by atoms with Gasteiger partial charge in [-0.15, -0.1) is 0 Å². The van der Waals surface area contributed by atoms with Crippen molar-refractivity contribution in [1.29, 1.82) is 0 Å². The number of carbonyl (C=O) groups is 2. The Morgan fingerprint density at radius 3 is 2.36 bits per heavy atom. The van der Waals surface area contributed by atoms with E-state index in [0.29, 0.717) is 27.8 Å². The summed E-state index contributed by atoms with van der Waals surface area (Å²) in [5.74, 6) is -0.356. The highest BCUT2D eigenvalue weighted by Gasteiger charge is 2.49. The van der Waals surface area contributed by atoms with Crippen LogP contribution in [0.5, 0.6) is 0 Å². The Morgan fingerprint density at radius 1 is 0.806 bits per heavy atom. The predicted octanol–water partition coefficient (Wildman–Crippen LogP) is 6.52. The van der Waals surface area contributed by atoms with Gasteiger partial charge in [-0.2, -0.15) is 0 Å². The van der Waals surface area contributed by atoms with Crippen LogP contribution >= 0.6 is 23.2 Å². The topological polar surface area (TPSA) is 70.2 Å². The zero-order valence-electron chi connectivity index (χ0n) is 19.2. The number of halogens is 2. The van der Waals surface area contributed by atoms with Crippen molar-refractivity contribution >= 4 is 52.1 Å². The number of anilines is 3. The van der Waals surface area contributed by atoms with Crippen molar-refractivity contribution in [1.82, 2.24) is 0 Å². The fourth-order valence-electron chi connectivity index (χ4n) is 4.75. The zero-order chi connectivity index (χ0) is 25.1. The standard InChI is InChI=1S/C29H23Cl2N3O2/c30-20-8-6-7-19(15-20)17-29(24-14-13-21(31)16-26(24)34-28(29)36)23-11-4-5-12-25(23)32-18-27(35)33-22-9-2-1-3-10-22/h1-16,32H,17-18H2,(H,33,35)(H,34,36). The van der Waals surface area contributed by atoms with Crippen molar-refractivity contribution in [2.24, 2.45) is 0 Å². The Hall–Kier alpha value is -3.80. The van der Waals surface area contributed by atoms with Gasteiger partial charge < -0.3 is 16.0 Å². The molecule has 5 nitrogen and oxygen atoms in total. The summed E-state index contributed by atoms with van der Waals surface area (Å²) in [7, 11) is 0. The van der Waals surface area contributed by atoms with Gasteiger partial charge >= 0.3 is 0 Å². The van der Waals surface area contributed by atoms with E-state index in [0.717, 1.165) is 22.4 Å². The van der Waals surface area contributed by atoms with E-state index < -0.39 is 5.41 Å². The third kappa shape index (κ3) is 4.68. The molecule has 0 spiro atoms. The Morgan fingerprint density at radius 2 is 1.56 bits per heavy atom. The van der Waals surface area contributed by atoms with Crippen molar-refractivity contribution in [2.45, 2.75) is 11.8 Å². The summed E-state index contributed by atoms with van der Waals surface area (Å²) in [4.78, 5) is 26.4. The Kier molecular flexibility index (Phi) is 6.68. The van der Waals surface area contributed by atoms with Gasteiger partial charge in [-0.1, -0.05) is 77.8 Å². The molecule has 0 bridgehead atoms. The molecule has 7 heteroatoms. The minimum Gasteiger partial charge on any atom is -0.376 e. The van der Waals surface area contributed by atoms with Crippen molar-refractivity contribution in [3.8, 4) is 0 Å². The van der Waals surface area contributed by atoms with E-state index in [-0.39, 0.29) is 18.4 Å². The maximum atomic E-state index is 13.8. The minimum absolute atomic E-state index is 0.0360. The molecule has 1 atom stereocenters. The van der Waals surface area contributed by atoms with Gasteiger partial charge in [0.15, 0.2) is 0 Å². The van der Waals surface area contributed by atoms with Gasteiger partial charge in [-0.25, -0.2) is 0 Å². The zero-order valence-corrected chi connectivity index (χ0v) is 20.7. The van der Waals surface area contributed by atoms with E-state index in [9.17, 15) is 9.59 Å². The fraction of sp³-hybridized carbons (Fsp3) is 0.103. The van der Waals surface area contributed by atoms with Crippen molar-refractivity contribution < 1.29 is 9.59 Å². The summed E-state index contributed by atoms with van der Waals surface area (Å²) >= 11 is 12.5. The molecule has 0 aliphatic carbocycles. The number of para-hydroxylation sites is 2. The lowest BCUT2D eigenvalue weighted by molar-refractivity contribution is -0.119. The van der Waals surface area contributed by atoms with E-state index in [1.807, 2.05) is 78.9 Å². The maximum Gasteiger partial charge on any atom is 0.243 e. The van der Waals surface area contributed by atoms with Crippen LogP contribution in [0.1, 0.15) is 16.7 Å². The van der Waals surface area contributed by atoms with Gasteiger partial charge in [-0.05, 0) is 65.6 Å². The van der Waals surface area contributed by atoms with Gasteiger partial charge in [0.25, 0.3) is 0 Å². The number of fused-ring (bicyclic) bond motifs is 1. The van der Waals surface area contributed by atoms with Crippen LogP contribution < -0.4 is 16.0 Å². The Balaban J connectivity index is 1.54. The normalized spacial score (nSPS) is 16.2. The van der Waals surface area contributed by atoms with Gasteiger partial charge in [-0.3, -0.25) is 9.59 Å². The second kappa shape index (κ2) is 10.1. The highest BCUT2D eigenvalue weighted by molar-refractivity contribution is 6.31. The average molecular weight is 516 g/mol. The first-order valence-electron chi connectivity index (χ1n) is 11.5. The molecule has 0 radical (unpaired) electrons. The third-order valence-corrected chi connectivity index (χ3v) is 6.79. The first-order valence-corrected chi connectivity index (χ1v) is 12.3. The van der Waals surface area contributed by atoms with Crippen LogP contribution in [0, 0.1) is 0 Å². The van der Waals surface area contributed by atoms with E-state index in [1.165, 1.54) is 0 Å². The molecule has 1 aliphatic rings. The molecule has 36 heavy (non-hydrogen) atoms. The van der Waals surface area contributed by atoms with Crippen LogP contribution in [0.25, 0.3) is 0 Å². The van der Waals surface area contributed by atoms with Gasteiger partial charge in [0.1, 0.15) is 5.41 Å². The molecule has 0 saturated heterocycles. The number of benzene rings is 4. The molecular formula is C29H23Cl2N3O2. The first-order chi connectivity index (χ1) is 17.5. The molecule has 1 aliphatic heterocycles. The molecular weight excluding hydrogens is 493 g/mol. The van der Waals surface area contributed by atoms with E-state index in [4.69, 9.17) is 23.2 Å². The predicted molar refractivity (Wildman–Crippen MR) is 146 cm³/mol. The first kappa shape index (κ1) is 23.9. The molecule has 2 amide bonds. The smallest absolute Gasteiger partial charge is 0.243 e. The summed E-state index contributed by atoms with van der Waals surface area (Å²) in [6.07, 6.45) is 0.378. The molecule has 1 unspecified atom stereocenters. The highest BCUT2D eigenvalue weighted by atomic mass is 35.5. The van der Waals surface area contributed by atoms with Crippen LogP contribution in [-0.2, 0) is 21.4 Å². The highest BCUT2D eigenvalue weighted by Crippen LogP contribution is 2.48. The monoisotopic (exact) mass is 515 g/mol. The van der Waals surface area contributed by atoms with Crippen LogP contribution in [0.2, 0.25) is 10.0 Å². The van der Waals surface area contributed by atoms with Gasteiger partial charge in [0, 0.05) is 27.1 Å². The van der Waals surface area contributed by atoms with E-state index in [1.54, 1.807) is 18.2 Å². The maximum absolute atomic E-state index is 13.8. The Bertz CT molecular complexity index is 1440. The number of nitrogens with one attached hydrogen (secondary N) is 3. The van der Waals surface area contributed by atoms with Crippen LogP contribution in [0.4, 0.5) is 17.1 Å². The molecule has 1 heterocycles. The lowest BCUT2D eigenvalue weighted by atomic mass is 9.70. The largest absolute Gasteiger partial charge is 0.376 e. The fourth-order valence-corrected chi connectivity index (χ4v) is 5.13. The second-order valence-electron chi connectivity index (χ2n) is 8.67. The van der Waals surface area contributed by atoms with Gasteiger partial charge in [0.2, 0.25) is 11.8 Å². The SMILES string of the molecule is O=C(CNc1ccccc1C1(Cc2cccc(Cl)c2)C(=O)Nc2cc(Cl)ccc21)Nc1ccccc1. The Labute approximate surface area is 219 Å². The number of amides is 2. The minimum atomic E-state index is -1.05. The number of rotatable bonds is 7. The molecule has 4 aromatic carbocycles. The van der Waals surface area contributed by atoms with E-state index >= 15 is 0 Å². The quantitative estimate of drug-likeness (QED) is 0.262. The van der Waals surface area contributed by atoms with Crippen molar-refractivity contribution in [3.05, 3.63) is 124 Å². The summed E-state index contributed by atoms with van der Waals surface area (Å²) in [5.41, 5.74) is 3.53. The lowest BCUT2D eigenvalue weighted by Gasteiger charge is -2.31.